The molecule has 0 bridgehead atoms. The normalized spacial score (nSPS) is 15.0. The largest absolute Gasteiger partial charge is 0.341 e. The molecular weight excluding hydrogens is 414 g/mol. The Labute approximate surface area is 197 Å². The molecule has 0 aromatic heterocycles. The Balaban J connectivity index is 1.65. The lowest BCUT2D eigenvalue weighted by atomic mass is 10.0. The number of benzene rings is 2. The van der Waals surface area contributed by atoms with Gasteiger partial charge in [-0.1, -0.05) is 70.2 Å². The molecule has 1 fully saturated rings. The molecule has 1 unspecified atom stereocenters. The quantitative estimate of drug-likeness (QED) is 0.695. The van der Waals surface area contributed by atoms with E-state index in [0.29, 0.717) is 44.1 Å². The van der Waals surface area contributed by atoms with Crippen LogP contribution in [0.25, 0.3) is 0 Å². The van der Waals surface area contributed by atoms with Crippen LogP contribution in [-0.2, 0) is 9.59 Å². The van der Waals surface area contributed by atoms with Crippen LogP contribution in [0, 0.1) is 5.92 Å². The molecule has 2 aromatic rings. The summed E-state index contributed by atoms with van der Waals surface area (Å²) in [5, 5.41) is 2.93. The molecule has 1 atom stereocenters. The summed E-state index contributed by atoms with van der Waals surface area (Å²) in [7, 11) is 0. The monoisotopic (exact) mass is 449 g/mol. The average molecular weight is 450 g/mol. The maximum atomic E-state index is 13.4. The van der Waals surface area contributed by atoms with Crippen molar-refractivity contribution in [3.8, 4) is 0 Å². The molecule has 3 rings (SSSR count). The highest BCUT2D eigenvalue weighted by Crippen LogP contribution is 2.20. The van der Waals surface area contributed by atoms with Crippen molar-refractivity contribution >= 4 is 17.7 Å². The summed E-state index contributed by atoms with van der Waals surface area (Å²) in [5.74, 6) is 0.350. The van der Waals surface area contributed by atoms with E-state index in [1.165, 1.54) is 5.56 Å². The number of rotatable bonds is 7. The number of amides is 3. The average Bonchev–Trinajstić information content (AvgIpc) is 2.82. The number of nitrogens with one attached hydrogen (secondary N) is 1. The highest BCUT2D eigenvalue weighted by Gasteiger charge is 2.31. The van der Waals surface area contributed by atoms with E-state index in [0.717, 1.165) is 5.56 Å². The zero-order valence-corrected chi connectivity index (χ0v) is 20.1. The van der Waals surface area contributed by atoms with Gasteiger partial charge in [-0.2, -0.15) is 0 Å². The van der Waals surface area contributed by atoms with Crippen LogP contribution < -0.4 is 5.32 Å². The van der Waals surface area contributed by atoms with Crippen molar-refractivity contribution in [3.63, 3.8) is 0 Å². The topological polar surface area (TPSA) is 69.7 Å². The van der Waals surface area contributed by atoms with Crippen LogP contribution in [-0.4, -0.2) is 53.7 Å². The fraction of sp³-hybridized carbons (Fsp3) is 0.444. The lowest BCUT2D eigenvalue weighted by Gasteiger charge is -2.36. The van der Waals surface area contributed by atoms with E-state index < -0.39 is 6.04 Å². The van der Waals surface area contributed by atoms with Gasteiger partial charge in [0.25, 0.3) is 5.91 Å². The van der Waals surface area contributed by atoms with Gasteiger partial charge in [-0.05, 0) is 35.1 Å². The van der Waals surface area contributed by atoms with E-state index in [1.807, 2.05) is 68.4 Å². The second-order valence-electron chi connectivity index (χ2n) is 9.40. The first kappa shape index (κ1) is 24.5. The molecule has 1 aliphatic heterocycles. The molecule has 2 aromatic carbocycles. The van der Waals surface area contributed by atoms with Crippen molar-refractivity contribution < 1.29 is 14.4 Å². The van der Waals surface area contributed by atoms with Crippen LogP contribution >= 0.6 is 0 Å². The maximum Gasteiger partial charge on any atom is 0.253 e. The van der Waals surface area contributed by atoms with E-state index in [-0.39, 0.29) is 23.6 Å². The second kappa shape index (κ2) is 11.1. The third-order valence-corrected chi connectivity index (χ3v) is 5.98. The molecule has 0 saturated carbocycles. The van der Waals surface area contributed by atoms with Gasteiger partial charge in [0.15, 0.2) is 0 Å². The van der Waals surface area contributed by atoms with Gasteiger partial charge in [-0.3, -0.25) is 14.4 Å². The minimum Gasteiger partial charge on any atom is -0.341 e. The Kier molecular flexibility index (Phi) is 8.26. The first-order valence-corrected chi connectivity index (χ1v) is 11.8. The third-order valence-electron chi connectivity index (χ3n) is 5.98. The van der Waals surface area contributed by atoms with Crippen LogP contribution in [0.15, 0.2) is 54.6 Å². The predicted octanol–water partition coefficient (Wildman–Crippen LogP) is 4.00. The number of hydrogen-bond donors (Lipinski definition) is 1. The van der Waals surface area contributed by atoms with Crippen LogP contribution in [0.1, 0.15) is 67.6 Å². The van der Waals surface area contributed by atoms with Crippen LogP contribution in [0.3, 0.4) is 0 Å². The van der Waals surface area contributed by atoms with Crippen molar-refractivity contribution in [2.45, 2.75) is 46.1 Å². The molecule has 33 heavy (non-hydrogen) atoms. The van der Waals surface area contributed by atoms with Crippen molar-refractivity contribution in [1.29, 1.82) is 0 Å². The van der Waals surface area contributed by atoms with Gasteiger partial charge in [0, 0.05) is 38.2 Å². The summed E-state index contributed by atoms with van der Waals surface area (Å²) in [6, 6.07) is 16.4. The molecule has 1 aliphatic rings. The number of piperazine rings is 1. The number of carbonyl (C=O) groups excluding carboxylic acids is 3. The van der Waals surface area contributed by atoms with Gasteiger partial charge in [-0.25, -0.2) is 0 Å². The van der Waals surface area contributed by atoms with Crippen LogP contribution in [0.4, 0.5) is 0 Å². The van der Waals surface area contributed by atoms with Crippen molar-refractivity contribution in [2.24, 2.45) is 5.92 Å². The smallest absolute Gasteiger partial charge is 0.253 e. The Hall–Kier alpha value is -3.15. The number of hydrogen-bond acceptors (Lipinski definition) is 3. The van der Waals surface area contributed by atoms with E-state index in [2.05, 4.69) is 19.2 Å². The van der Waals surface area contributed by atoms with Crippen LogP contribution in [0.2, 0.25) is 0 Å². The van der Waals surface area contributed by atoms with Gasteiger partial charge in [0.2, 0.25) is 11.8 Å². The molecule has 6 nitrogen and oxygen atoms in total. The van der Waals surface area contributed by atoms with Crippen molar-refractivity contribution in [3.05, 3.63) is 71.3 Å². The fourth-order valence-corrected chi connectivity index (χ4v) is 4.03. The molecular formula is C27H35N3O3. The summed E-state index contributed by atoms with van der Waals surface area (Å²) in [4.78, 5) is 42.3. The first-order chi connectivity index (χ1) is 15.8. The predicted molar refractivity (Wildman–Crippen MR) is 130 cm³/mol. The lowest BCUT2D eigenvalue weighted by Crippen LogP contribution is -2.53. The van der Waals surface area contributed by atoms with Crippen molar-refractivity contribution in [1.82, 2.24) is 15.1 Å². The highest BCUT2D eigenvalue weighted by molar-refractivity contribution is 5.94. The molecule has 0 spiro atoms. The number of carbonyl (C=O) groups is 3. The molecule has 1 heterocycles. The summed E-state index contributed by atoms with van der Waals surface area (Å²) in [5.41, 5.74) is 2.64. The Bertz CT molecular complexity index is 946. The summed E-state index contributed by atoms with van der Waals surface area (Å²) in [6.07, 6.45) is 0.370. The van der Waals surface area contributed by atoms with E-state index in [9.17, 15) is 14.4 Å². The summed E-state index contributed by atoms with van der Waals surface area (Å²) < 4.78 is 0. The molecule has 1 N–H and O–H groups in total. The molecule has 176 valence electrons. The van der Waals surface area contributed by atoms with Gasteiger partial charge in [0.05, 0.1) is 0 Å². The van der Waals surface area contributed by atoms with Crippen molar-refractivity contribution in [2.75, 3.05) is 26.2 Å². The fourth-order valence-electron chi connectivity index (χ4n) is 4.03. The molecule has 3 amide bonds. The highest BCUT2D eigenvalue weighted by atomic mass is 16.2. The second-order valence-corrected chi connectivity index (χ2v) is 9.40. The minimum atomic E-state index is -0.719. The molecule has 0 radical (unpaired) electrons. The number of nitrogens with zero attached hydrogens (tertiary/aromatic N) is 2. The van der Waals surface area contributed by atoms with Gasteiger partial charge in [-0.15, -0.1) is 0 Å². The van der Waals surface area contributed by atoms with Gasteiger partial charge >= 0.3 is 0 Å². The third kappa shape index (κ3) is 6.44. The first-order valence-electron chi connectivity index (χ1n) is 11.8. The zero-order chi connectivity index (χ0) is 24.0. The minimum absolute atomic E-state index is 0.0118. The Morgan fingerprint density at radius 1 is 0.788 bits per heavy atom. The lowest BCUT2D eigenvalue weighted by molar-refractivity contribution is -0.138. The van der Waals surface area contributed by atoms with E-state index >= 15 is 0 Å². The molecule has 0 aliphatic carbocycles. The Morgan fingerprint density at radius 2 is 1.36 bits per heavy atom. The van der Waals surface area contributed by atoms with Crippen LogP contribution in [0.5, 0.6) is 0 Å². The zero-order valence-electron chi connectivity index (χ0n) is 20.1. The van der Waals surface area contributed by atoms with Gasteiger partial charge < -0.3 is 15.1 Å². The van der Waals surface area contributed by atoms with E-state index in [4.69, 9.17) is 0 Å². The summed E-state index contributed by atoms with van der Waals surface area (Å²) in [6.45, 7) is 10.0. The van der Waals surface area contributed by atoms with Gasteiger partial charge in [0.1, 0.15) is 6.04 Å². The molecule has 1 saturated heterocycles. The SMILES string of the molecule is CC(C)CC(=O)NC(C(=O)N1CCN(C(=O)c2ccc(C(C)C)cc2)CC1)c1ccccc1. The standard InChI is InChI=1S/C27H35N3O3/c1-19(2)18-24(31)28-25(22-8-6-5-7-9-22)27(33)30-16-14-29(15-17-30)26(32)23-12-10-21(11-13-23)20(3)4/h5-13,19-20,25H,14-18H2,1-4H3,(H,28,31). The van der Waals surface area contributed by atoms with E-state index in [1.54, 1.807) is 9.80 Å². The summed E-state index contributed by atoms with van der Waals surface area (Å²) >= 11 is 0. The molecule has 6 heteroatoms. The maximum absolute atomic E-state index is 13.4. The Morgan fingerprint density at radius 3 is 1.91 bits per heavy atom.